The van der Waals surface area contributed by atoms with Crippen molar-refractivity contribution in [2.45, 2.75) is 51.0 Å². The molecule has 2 N–H and O–H groups in total. The lowest BCUT2D eigenvalue weighted by molar-refractivity contribution is -0.134. The van der Waals surface area contributed by atoms with E-state index in [1.807, 2.05) is 28.0 Å². The van der Waals surface area contributed by atoms with E-state index in [0.717, 1.165) is 37.9 Å². The second-order valence-electron chi connectivity index (χ2n) is 6.75. The number of amides is 2. The maximum atomic E-state index is 12.5. The summed E-state index contributed by atoms with van der Waals surface area (Å²) in [4.78, 5) is 28.6. The van der Waals surface area contributed by atoms with Crippen LogP contribution in [0.4, 0.5) is 5.69 Å². The molecule has 1 aromatic carbocycles. The van der Waals surface area contributed by atoms with Gasteiger partial charge in [-0.25, -0.2) is 0 Å². The highest BCUT2D eigenvalue weighted by Gasteiger charge is 2.26. The predicted molar refractivity (Wildman–Crippen MR) is 94.8 cm³/mol. The van der Waals surface area contributed by atoms with Crippen LogP contribution >= 0.6 is 0 Å². The molecule has 0 unspecified atom stereocenters. The minimum absolute atomic E-state index is 0.166. The minimum atomic E-state index is 0.166. The lowest BCUT2D eigenvalue weighted by Crippen LogP contribution is -2.47. The number of likely N-dealkylation sites (tertiary alicyclic amines) is 1. The Hall–Kier alpha value is -1.88. The SMILES string of the molecule is NC[C@H]1CCCCN1C(=O)CCCN1C(=O)CCc2ccccc21. The van der Waals surface area contributed by atoms with E-state index in [1.54, 1.807) is 0 Å². The number of fused-ring (bicyclic) bond motifs is 1. The van der Waals surface area contributed by atoms with Crippen LogP contribution in [0.5, 0.6) is 0 Å². The van der Waals surface area contributed by atoms with Crippen molar-refractivity contribution in [3.05, 3.63) is 29.8 Å². The van der Waals surface area contributed by atoms with Crippen LogP contribution in [-0.2, 0) is 16.0 Å². The molecule has 2 aliphatic heterocycles. The number of nitrogens with zero attached hydrogens (tertiary/aromatic N) is 2. The Bertz CT molecular complexity index is 602. The van der Waals surface area contributed by atoms with Gasteiger partial charge in [-0.1, -0.05) is 18.2 Å². The molecule has 1 atom stereocenters. The van der Waals surface area contributed by atoms with E-state index in [9.17, 15) is 9.59 Å². The summed E-state index contributed by atoms with van der Waals surface area (Å²) in [5.74, 6) is 0.349. The van der Waals surface area contributed by atoms with Crippen molar-refractivity contribution in [2.75, 3.05) is 24.5 Å². The van der Waals surface area contributed by atoms with Crippen molar-refractivity contribution in [3.63, 3.8) is 0 Å². The van der Waals surface area contributed by atoms with E-state index in [0.29, 0.717) is 32.4 Å². The van der Waals surface area contributed by atoms with Crippen LogP contribution in [-0.4, -0.2) is 42.4 Å². The first-order valence-corrected chi connectivity index (χ1v) is 9.08. The third kappa shape index (κ3) is 3.61. The molecule has 0 aromatic heterocycles. The summed E-state index contributed by atoms with van der Waals surface area (Å²) >= 11 is 0. The first kappa shape index (κ1) is 17.0. The van der Waals surface area contributed by atoms with Crippen LogP contribution in [0.2, 0.25) is 0 Å². The Balaban J connectivity index is 1.56. The van der Waals surface area contributed by atoms with Gasteiger partial charge in [-0.05, 0) is 43.7 Å². The van der Waals surface area contributed by atoms with Crippen molar-refractivity contribution in [1.29, 1.82) is 0 Å². The molecule has 24 heavy (non-hydrogen) atoms. The fourth-order valence-electron chi connectivity index (χ4n) is 3.85. The van der Waals surface area contributed by atoms with E-state index >= 15 is 0 Å². The number of hydrogen-bond donors (Lipinski definition) is 1. The van der Waals surface area contributed by atoms with E-state index < -0.39 is 0 Å². The first-order valence-electron chi connectivity index (χ1n) is 9.08. The van der Waals surface area contributed by atoms with Crippen LogP contribution in [0, 0.1) is 0 Å². The molecule has 2 aliphatic rings. The highest BCUT2D eigenvalue weighted by molar-refractivity contribution is 5.96. The Morgan fingerprint density at radius 2 is 2.04 bits per heavy atom. The van der Waals surface area contributed by atoms with Gasteiger partial charge in [0, 0.05) is 44.2 Å². The maximum Gasteiger partial charge on any atom is 0.227 e. The Morgan fingerprint density at radius 1 is 1.21 bits per heavy atom. The summed E-state index contributed by atoms with van der Waals surface area (Å²) in [6, 6.07) is 8.26. The van der Waals surface area contributed by atoms with Crippen LogP contribution in [0.25, 0.3) is 0 Å². The van der Waals surface area contributed by atoms with Crippen molar-refractivity contribution in [3.8, 4) is 0 Å². The predicted octanol–water partition coefficient (Wildman–Crippen LogP) is 2.09. The van der Waals surface area contributed by atoms with E-state index in [-0.39, 0.29) is 17.9 Å². The zero-order chi connectivity index (χ0) is 16.9. The van der Waals surface area contributed by atoms with Crippen molar-refractivity contribution in [1.82, 2.24) is 4.90 Å². The van der Waals surface area contributed by atoms with Gasteiger partial charge in [0.1, 0.15) is 0 Å². The van der Waals surface area contributed by atoms with Gasteiger partial charge in [0.05, 0.1) is 0 Å². The monoisotopic (exact) mass is 329 g/mol. The second-order valence-corrected chi connectivity index (χ2v) is 6.75. The summed E-state index contributed by atoms with van der Waals surface area (Å²) in [7, 11) is 0. The maximum absolute atomic E-state index is 12.5. The second kappa shape index (κ2) is 7.79. The number of piperidine rings is 1. The van der Waals surface area contributed by atoms with Crippen LogP contribution < -0.4 is 10.6 Å². The largest absolute Gasteiger partial charge is 0.338 e. The summed E-state index contributed by atoms with van der Waals surface area (Å²) < 4.78 is 0. The molecule has 0 saturated carbocycles. The molecule has 2 amide bonds. The molecule has 3 rings (SSSR count). The molecule has 2 heterocycles. The van der Waals surface area contributed by atoms with Gasteiger partial charge in [0.25, 0.3) is 0 Å². The zero-order valence-corrected chi connectivity index (χ0v) is 14.2. The fourth-order valence-corrected chi connectivity index (χ4v) is 3.85. The smallest absolute Gasteiger partial charge is 0.227 e. The lowest BCUT2D eigenvalue weighted by Gasteiger charge is -2.35. The van der Waals surface area contributed by atoms with Crippen molar-refractivity contribution >= 4 is 17.5 Å². The number of para-hydroxylation sites is 1. The molecule has 5 heteroatoms. The van der Waals surface area contributed by atoms with E-state index in [2.05, 4.69) is 6.07 Å². The summed E-state index contributed by atoms with van der Waals surface area (Å²) in [6.45, 7) is 1.98. The summed E-state index contributed by atoms with van der Waals surface area (Å²) in [6.07, 6.45) is 5.81. The number of nitrogens with two attached hydrogens (primary N) is 1. The van der Waals surface area contributed by atoms with Crippen molar-refractivity contribution in [2.24, 2.45) is 5.73 Å². The van der Waals surface area contributed by atoms with Crippen LogP contribution in [0.1, 0.15) is 44.1 Å². The van der Waals surface area contributed by atoms with E-state index in [4.69, 9.17) is 5.73 Å². The number of aryl methyl sites for hydroxylation is 1. The molecule has 0 radical (unpaired) electrons. The van der Waals surface area contributed by atoms with Gasteiger partial charge in [0.15, 0.2) is 0 Å². The number of benzene rings is 1. The van der Waals surface area contributed by atoms with Crippen molar-refractivity contribution < 1.29 is 9.59 Å². The normalized spacial score (nSPS) is 20.9. The average Bonchev–Trinajstić information content (AvgIpc) is 2.63. The van der Waals surface area contributed by atoms with Gasteiger partial charge in [-0.3, -0.25) is 9.59 Å². The molecule has 5 nitrogen and oxygen atoms in total. The molecule has 0 spiro atoms. The number of carbonyl (C=O) groups excluding carboxylic acids is 2. The van der Waals surface area contributed by atoms with Gasteiger partial charge in [-0.15, -0.1) is 0 Å². The lowest BCUT2D eigenvalue weighted by atomic mass is 10.00. The fraction of sp³-hybridized carbons (Fsp3) is 0.579. The zero-order valence-electron chi connectivity index (χ0n) is 14.2. The molecule has 0 bridgehead atoms. The molecule has 1 aromatic rings. The highest BCUT2D eigenvalue weighted by atomic mass is 16.2. The summed E-state index contributed by atoms with van der Waals surface area (Å²) in [5.41, 5.74) is 8.04. The minimum Gasteiger partial charge on any atom is -0.338 e. The molecule has 0 aliphatic carbocycles. The third-order valence-electron chi connectivity index (χ3n) is 5.18. The molecule has 130 valence electrons. The number of carbonyl (C=O) groups is 2. The third-order valence-corrected chi connectivity index (χ3v) is 5.18. The average molecular weight is 329 g/mol. The number of hydrogen-bond acceptors (Lipinski definition) is 3. The Kier molecular flexibility index (Phi) is 5.51. The van der Waals surface area contributed by atoms with Crippen LogP contribution in [0.15, 0.2) is 24.3 Å². The molecular formula is C19H27N3O2. The number of rotatable bonds is 5. The summed E-state index contributed by atoms with van der Waals surface area (Å²) in [5, 5.41) is 0. The standard InChI is InChI=1S/C19H27N3O2/c20-14-16-7-3-4-12-21(16)18(23)9-5-13-22-17-8-2-1-6-15(17)10-11-19(22)24/h1-2,6,8,16H,3-5,7,9-14,20H2/t16-/m1/s1. The molecule has 1 fully saturated rings. The molecule has 1 saturated heterocycles. The topological polar surface area (TPSA) is 66.6 Å². The number of anilines is 1. The van der Waals surface area contributed by atoms with E-state index in [1.165, 1.54) is 5.56 Å². The Labute approximate surface area is 143 Å². The molecular weight excluding hydrogens is 302 g/mol. The Morgan fingerprint density at radius 3 is 2.88 bits per heavy atom. The highest BCUT2D eigenvalue weighted by Crippen LogP contribution is 2.27. The van der Waals surface area contributed by atoms with Gasteiger partial charge >= 0.3 is 0 Å². The quantitative estimate of drug-likeness (QED) is 0.899. The van der Waals surface area contributed by atoms with Gasteiger partial charge in [0.2, 0.25) is 11.8 Å². The van der Waals surface area contributed by atoms with Crippen LogP contribution in [0.3, 0.4) is 0 Å². The van der Waals surface area contributed by atoms with Gasteiger partial charge < -0.3 is 15.5 Å². The van der Waals surface area contributed by atoms with Gasteiger partial charge in [-0.2, -0.15) is 0 Å². The first-order chi connectivity index (χ1) is 11.7.